The second kappa shape index (κ2) is 8.74. The molecular weight excluding hydrogens is 399 g/mol. The third-order valence-electron chi connectivity index (χ3n) is 4.66. The van der Waals surface area contributed by atoms with E-state index in [9.17, 15) is 9.18 Å². The molecule has 0 fully saturated rings. The van der Waals surface area contributed by atoms with E-state index in [1.807, 2.05) is 13.0 Å². The molecule has 31 heavy (non-hydrogen) atoms. The number of anilines is 1. The summed E-state index contributed by atoms with van der Waals surface area (Å²) in [5, 5.41) is 6.77. The quantitative estimate of drug-likeness (QED) is 0.498. The normalized spacial score (nSPS) is 10.7. The van der Waals surface area contributed by atoms with Crippen molar-refractivity contribution in [1.82, 2.24) is 15.1 Å². The predicted octanol–water partition coefficient (Wildman–Crippen LogP) is 4.44. The number of benzene rings is 2. The Balaban J connectivity index is 1.70. The zero-order chi connectivity index (χ0) is 21.8. The van der Waals surface area contributed by atoms with Gasteiger partial charge in [-0.25, -0.2) is 14.4 Å². The van der Waals surface area contributed by atoms with E-state index in [4.69, 9.17) is 9.26 Å². The van der Waals surface area contributed by atoms with E-state index >= 15 is 0 Å². The van der Waals surface area contributed by atoms with Crippen LogP contribution in [-0.2, 0) is 11.2 Å². The number of hydrogen-bond acceptors (Lipinski definition) is 6. The lowest BCUT2D eigenvalue weighted by molar-refractivity contribution is -0.115. The number of rotatable bonds is 6. The van der Waals surface area contributed by atoms with E-state index in [1.165, 1.54) is 12.4 Å². The van der Waals surface area contributed by atoms with Gasteiger partial charge in [0.2, 0.25) is 11.8 Å². The summed E-state index contributed by atoms with van der Waals surface area (Å²) in [6.07, 6.45) is 3.00. The minimum absolute atomic E-state index is 0.0857. The van der Waals surface area contributed by atoms with Crippen LogP contribution in [0.1, 0.15) is 11.1 Å². The van der Waals surface area contributed by atoms with Crippen molar-refractivity contribution in [3.8, 4) is 28.3 Å². The molecule has 1 amide bonds. The van der Waals surface area contributed by atoms with Crippen molar-refractivity contribution in [1.29, 1.82) is 0 Å². The third-order valence-corrected chi connectivity index (χ3v) is 4.66. The number of nitrogens with zero attached hydrogens (tertiary/aromatic N) is 3. The van der Waals surface area contributed by atoms with Crippen LogP contribution < -0.4 is 10.1 Å². The number of hydrogen-bond donors (Lipinski definition) is 1. The van der Waals surface area contributed by atoms with Crippen LogP contribution in [0.15, 0.2) is 65.6 Å². The number of aromatic nitrogens is 3. The van der Waals surface area contributed by atoms with Crippen molar-refractivity contribution in [3.05, 3.63) is 78.0 Å². The molecule has 0 aliphatic carbocycles. The molecule has 2 aromatic carbocycles. The molecule has 156 valence electrons. The Kier molecular flexibility index (Phi) is 5.70. The van der Waals surface area contributed by atoms with Gasteiger partial charge < -0.3 is 9.26 Å². The highest BCUT2D eigenvalue weighted by molar-refractivity contribution is 5.97. The van der Waals surface area contributed by atoms with Gasteiger partial charge in [0.05, 0.1) is 24.8 Å². The first-order valence-corrected chi connectivity index (χ1v) is 9.50. The van der Waals surface area contributed by atoms with Gasteiger partial charge >= 0.3 is 0 Å². The van der Waals surface area contributed by atoms with E-state index < -0.39 is 5.82 Å². The van der Waals surface area contributed by atoms with E-state index in [-0.39, 0.29) is 29.5 Å². The number of aryl methyl sites for hydroxylation is 1. The summed E-state index contributed by atoms with van der Waals surface area (Å²) in [5.41, 5.74) is 2.96. The van der Waals surface area contributed by atoms with Gasteiger partial charge in [-0.3, -0.25) is 10.1 Å². The first kappa shape index (κ1) is 20.2. The lowest BCUT2D eigenvalue weighted by Gasteiger charge is -2.07. The Morgan fingerprint density at radius 2 is 2.06 bits per heavy atom. The van der Waals surface area contributed by atoms with Crippen LogP contribution in [0.3, 0.4) is 0 Å². The number of carbonyl (C=O) groups is 1. The van der Waals surface area contributed by atoms with Crippen LogP contribution >= 0.6 is 0 Å². The zero-order valence-electron chi connectivity index (χ0n) is 16.9. The second-order valence-electron chi connectivity index (χ2n) is 6.89. The highest BCUT2D eigenvalue weighted by Crippen LogP contribution is 2.38. The smallest absolute Gasteiger partial charge is 0.241 e. The van der Waals surface area contributed by atoms with Gasteiger partial charge in [0.25, 0.3) is 0 Å². The second-order valence-corrected chi connectivity index (χ2v) is 6.89. The maximum atomic E-state index is 14.6. The molecule has 0 saturated carbocycles. The number of ether oxygens (including phenoxy) is 1. The largest absolute Gasteiger partial charge is 0.497 e. The number of halogens is 1. The number of amides is 1. The molecule has 2 heterocycles. The van der Waals surface area contributed by atoms with Crippen LogP contribution in [0.5, 0.6) is 5.75 Å². The van der Waals surface area contributed by atoms with Crippen molar-refractivity contribution < 1.29 is 18.4 Å². The fourth-order valence-corrected chi connectivity index (χ4v) is 3.19. The van der Waals surface area contributed by atoms with Gasteiger partial charge in [-0.15, -0.1) is 0 Å². The molecule has 4 rings (SSSR count). The van der Waals surface area contributed by atoms with Crippen LogP contribution in [0.2, 0.25) is 0 Å². The summed E-state index contributed by atoms with van der Waals surface area (Å²) in [4.78, 5) is 20.8. The van der Waals surface area contributed by atoms with Crippen molar-refractivity contribution in [2.45, 2.75) is 13.3 Å². The SMILES string of the molecule is COc1cccc(CC(=O)Nc2onc(-c3cc(C)ccc3F)c2-c2ccncn2)c1. The molecule has 4 aromatic rings. The topological polar surface area (TPSA) is 90.1 Å². The summed E-state index contributed by atoms with van der Waals surface area (Å²) in [6.45, 7) is 1.85. The third kappa shape index (κ3) is 4.42. The van der Waals surface area contributed by atoms with E-state index in [1.54, 1.807) is 49.7 Å². The Hall–Kier alpha value is -4.07. The Labute approximate surface area is 177 Å². The van der Waals surface area contributed by atoms with Crippen LogP contribution in [0.4, 0.5) is 10.3 Å². The molecule has 0 radical (unpaired) electrons. The van der Waals surface area contributed by atoms with Gasteiger partial charge in [-0.2, -0.15) is 0 Å². The van der Waals surface area contributed by atoms with E-state index in [0.717, 1.165) is 11.1 Å². The minimum atomic E-state index is -0.455. The minimum Gasteiger partial charge on any atom is -0.497 e. The van der Waals surface area contributed by atoms with Gasteiger partial charge in [0.1, 0.15) is 23.6 Å². The van der Waals surface area contributed by atoms with Crippen LogP contribution in [0, 0.1) is 12.7 Å². The Morgan fingerprint density at radius 1 is 1.19 bits per heavy atom. The summed E-state index contributed by atoms with van der Waals surface area (Å²) in [5.74, 6) is -0.0363. The Bertz CT molecular complexity index is 1220. The van der Waals surface area contributed by atoms with Crippen molar-refractivity contribution in [2.24, 2.45) is 0 Å². The van der Waals surface area contributed by atoms with Crippen LogP contribution in [0.25, 0.3) is 22.5 Å². The molecule has 7 nitrogen and oxygen atoms in total. The van der Waals surface area contributed by atoms with Gasteiger partial charge in [-0.1, -0.05) is 28.9 Å². The highest BCUT2D eigenvalue weighted by atomic mass is 19.1. The summed E-state index contributed by atoms with van der Waals surface area (Å²) in [7, 11) is 1.56. The molecule has 0 saturated heterocycles. The molecule has 2 aromatic heterocycles. The van der Waals surface area contributed by atoms with E-state index in [2.05, 4.69) is 20.4 Å². The standard InChI is InChI=1S/C23H19FN4O3/c1-14-6-7-18(24)17(10-14)22-21(19-8-9-25-13-26-19)23(31-28-22)27-20(29)12-15-4-3-5-16(11-15)30-2/h3-11,13H,12H2,1-2H3,(H,27,29). The number of nitrogens with one attached hydrogen (secondary N) is 1. The molecular formula is C23H19FN4O3. The first-order valence-electron chi connectivity index (χ1n) is 9.50. The zero-order valence-corrected chi connectivity index (χ0v) is 16.9. The Morgan fingerprint density at radius 3 is 2.84 bits per heavy atom. The van der Waals surface area contributed by atoms with Crippen molar-refractivity contribution >= 4 is 11.8 Å². The van der Waals surface area contributed by atoms with Crippen molar-refractivity contribution in [3.63, 3.8) is 0 Å². The van der Waals surface area contributed by atoms with Gasteiger partial charge in [-0.05, 0) is 42.8 Å². The summed E-state index contributed by atoms with van der Waals surface area (Å²) < 4.78 is 25.2. The van der Waals surface area contributed by atoms with Gasteiger partial charge in [0.15, 0.2) is 0 Å². The van der Waals surface area contributed by atoms with Gasteiger partial charge in [0, 0.05) is 11.8 Å². The molecule has 0 spiro atoms. The maximum Gasteiger partial charge on any atom is 0.241 e. The highest BCUT2D eigenvalue weighted by Gasteiger charge is 2.24. The lowest BCUT2D eigenvalue weighted by Crippen LogP contribution is -2.14. The predicted molar refractivity (Wildman–Crippen MR) is 113 cm³/mol. The monoisotopic (exact) mass is 418 g/mol. The van der Waals surface area contributed by atoms with E-state index in [0.29, 0.717) is 17.0 Å². The molecule has 0 aliphatic heterocycles. The first-order chi connectivity index (χ1) is 15.0. The average Bonchev–Trinajstić information content (AvgIpc) is 3.19. The molecule has 0 unspecified atom stereocenters. The average molecular weight is 418 g/mol. The summed E-state index contributed by atoms with van der Waals surface area (Å²) >= 11 is 0. The molecule has 0 atom stereocenters. The number of carbonyl (C=O) groups excluding carboxylic acids is 1. The fourth-order valence-electron chi connectivity index (χ4n) is 3.19. The van der Waals surface area contributed by atoms with Crippen LogP contribution in [-0.4, -0.2) is 28.1 Å². The lowest BCUT2D eigenvalue weighted by atomic mass is 10.0. The summed E-state index contributed by atoms with van der Waals surface area (Å²) in [6, 6.07) is 13.5. The maximum absolute atomic E-state index is 14.6. The fraction of sp³-hybridized carbons (Fsp3) is 0.130. The molecule has 1 N–H and O–H groups in total. The molecule has 0 bridgehead atoms. The molecule has 8 heteroatoms. The molecule has 0 aliphatic rings. The number of methoxy groups -OCH3 is 1. The van der Waals surface area contributed by atoms with Crippen molar-refractivity contribution in [2.75, 3.05) is 12.4 Å².